The van der Waals surface area contributed by atoms with E-state index in [-0.39, 0.29) is 5.41 Å². The van der Waals surface area contributed by atoms with Gasteiger partial charge in [0, 0.05) is 0 Å². The molecule has 2 aromatic carbocycles. The molecule has 0 unspecified atom stereocenters. The second kappa shape index (κ2) is 5.44. The number of allylic oxidation sites excluding steroid dienone is 1. The molecule has 0 aliphatic heterocycles. The number of benzene rings is 2. The highest BCUT2D eigenvalue weighted by molar-refractivity contribution is 5.66. The summed E-state index contributed by atoms with van der Waals surface area (Å²) in [5.41, 5.74) is 5.45. The molecule has 0 atom stereocenters. The van der Waals surface area contributed by atoms with Crippen LogP contribution in [-0.2, 0) is 0 Å². The third-order valence-electron chi connectivity index (χ3n) is 3.58. The average Bonchev–Trinajstić information content (AvgIpc) is 2.39. The SMILES string of the molecule is C/C(=C\c1ccc(-c2ccccc2)cc1)C(C)(C)C. The van der Waals surface area contributed by atoms with Gasteiger partial charge in [-0.2, -0.15) is 0 Å². The van der Waals surface area contributed by atoms with Gasteiger partial charge in [-0.1, -0.05) is 87.0 Å². The van der Waals surface area contributed by atoms with E-state index in [4.69, 9.17) is 0 Å². The normalized spacial score (nSPS) is 12.5. The number of rotatable bonds is 2. The summed E-state index contributed by atoms with van der Waals surface area (Å²) >= 11 is 0. The lowest BCUT2D eigenvalue weighted by Crippen LogP contribution is -2.05. The molecule has 0 spiro atoms. The van der Waals surface area contributed by atoms with Crippen molar-refractivity contribution in [2.75, 3.05) is 0 Å². The molecule has 0 amide bonds. The Bertz CT molecular complexity index is 551. The largest absolute Gasteiger partial charge is 0.0674 e. The van der Waals surface area contributed by atoms with Crippen LogP contribution in [0.25, 0.3) is 17.2 Å². The van der Waals surface area contributed by atoms with Crippen molar-refractivity contribution < 1.29 is 0 Å². The summed E-state index contributed by atoms with van der Waals surface area (Å²) in [5, 5.41) is 0. The quantitative estimate of drug-likeness (QED) is 0.631. The van der Waals surface area contributed by atoms with Crippen LogP contribution in [0, 0.1) is 5.41 Å². The van der Waals surface area contributed by atoms with Gasteiger partial charge in [-0.05, 0) is 29.0 Å². The third-order valence-corrected chi connectivity index (χ3v) is 3.58. The molecule has 0 aliphatic rings. The van der Waals surface area contributed by atoms with Crippen molar-refractivity contribution in [3.63, 3.8) is 0 Å². The second-order valence-corrected chi connectivity index (χ2v) is 6.07. The Kier molecular flexibility index (Phi) is 3.90. The summed E-state index contributed by atoms with van der Waals surface area (Å²) < 4.78 is 0. The molecule has 0 heteroatoms. The van der Waals surface area contributed by atoms with Crippen LogP contribution in [0.5, 0.6) is 0 Å². The van der Waals surface area contributed by atoms with E-state index in [0.717, 1.165) is 0 Å². The van der Waals surface area contributed by atoms with E-state index in [1.165, 1.54) is 22.3 Å². The lowest BCUT2D eigenvalue weighted by molar-refractivity contribution is 0.508. The van der Waals surface area contributed by atoms with Crippen molar-refractivity contribution in [1.82, 2.24) is 0 Å². The molecule has 0 saturated heterocycles. The Morgan fingerprint density at radius 2 is 1.32 bits per heavy atom. The minimum absolute atomic E-state index is 0.234. The zero-order chi connectivity index (χ0) is 13.9. The highest BCUT2D eigenvalue weighted by atomic mass is 14.2. The van der Waals surface area contributed by atoms with Crippen LogP contribution >= 0.6 is 0 Å². The first-order valence-electron chi connectivity index (χ1n) is 6.81. The summed E-state index contributed by atoms with van der Waals surface area (Å²) in [6, 6.07) is 19.3. The van der Waals surface area contributed by atoms with Crippen LogP contribution in [0.4, 0.5) is 0 Å². The minimum Gasteiger partial charge on any atom is -0.0674 e. The van der Waals surface area contributed by atoms with E-state index in [1.54, 1.807) is 0 Å². The van der Waals surface area contributed by atoms with Gasteiger partial charge in [0.2, 0.25) is 0 Å². The molecule has 0 aromatic heterocycles. The van der Waals surface area contributed by atoms with Crippen LogP contribution in [-0.4, -0.2) is 0 Å². The smallest absolute Gasteiger partial charge is 0.0172 e. The average molecular weight is 250 g/mol. The Labute approximate surface area is 116 Å². The first-order chi connectivity index (χ1) is 8.97. The Morgan fingerprint density at radius 1 is 0.789 bits per heavy atom. The Hall–Kier alpha value is -1.82. The van der Waals surface area contributed by atoms with Gasteiger partial charge in [-0.25, -0.2) is 0 Å². The molecule has 0 aliphatic carbocycles. The predicted octanol–water partition coefficient (Wildman–Crippen LogP) is 5.80. The van der Waals surface area contributed by atoms with E-state index in [0.29, 0.717) is 0 Å². The molecule has 2 aromatic rings. The van der Waals surface area contributed by atoms with E-state index in [2.05, 4.69) is 82.3 Å². The highest BCUT2D eigenvalue weighted by Crippen LogP contribution is 2.27. The molecule has 0 N–H and O–H groups in total. The monoisotopic (exact) mass is 250 g/mol. The van der Waals surface area contributed by atoms with Gasteiger partial charge in [0.05, 0.1) is 0 Å². The van der Waals surface area contributed by atoms with Crippen LogP contribution in [0.3, 0.4) is 0 Å². The van der Waals surface area contributed by atoms with Crippen molar-refractivity contribution in [3.8, 4) is 11.1 Å². The maximum atomic E-state index is 2.27. The minimum atomic E-state index is 0.234. The van der Waals surface area contributed by atoms with Crippen molar-refractivity contribution in [1.29, 1.82) is 0 Å². The van der Waals surface area contributed by atoms with Crippen molar-refractivity contribution >= 4 is 6.08 Å². The summed E-state index contributed by atoms with van der Waals surface area (Å²) in [4.78, 5) is 0. The summed E-state index contributed by atoms with van der Waals surface area (Å²) in [7, 11) is 0. The van der Waals surface area contributed by atoms with E-state index < -0.39 is 0 Å². The van der Waals surface area contributed by atoms with Crippen molar-refractivity contribution in [2.24, 2.45) is 5.41 Å². The molecular formula is C19H22. The van der Waals surface area contributed by atoms with E-state index in [1.807, 2.05) is 6.07 Å². The second-order valence-electron chi connectivity index (χ2n) is 6.07. The van der Waals surface area contributed by atoms with Crippen molar-refractivity contribution in [3.05, 3.63) is 65.7 Å². The maximum absolute atomic E-state index is 2.27. The topological polar surface area (TPSA) is 0 Å². The number of hydrogen-bond donors (Lipinski definition) is 0. The number of hydrogen-bond acceptors (Lipinski definition) is 0. The Morgan fingerprint density at radius 3 is 1.84 bits per heavy atom. The summed E-state index contributed by atoms with van der Waals surface area (Å²) in [6.07, 6.45) is 2.27. The first kappa shape index (κ1) is 13.6. The Balaban J connectivity index is 2.25. The van der Waals surface area contributed by atoms with Gasteiger partial charge < -0.3 is 0 Å². The van der Waals surface area contributed by atoms with E-state index in [9.17, 15) is 0 Å². The summed E-state index contributed by atoms with van der Waals surface area (Å²) in [6.45, 7) is 8.94. The molecule has 0 nitrogen and oxygen atoms in total. The molecule has 0 fully saturated rings. The molecule has 0 radical (unpaired) electrons. The lowest BCUT2D eigenvalue weighted by Gasteiger charge is -2.19. The fraction of sp³-hybridized carbons (Fsp3) is 0.263. The molecule has 19 heavy (non-hydrogen) atoms. The van der Waals surface area contributed by atoms with E-state index >= 15 is 0 Å². The predicted molar refractivity (Wildman–Crippen MR) is 85.0 cm³/mol. The van der Waals surface area contributed by atoms with Gasteiger partial charge in [0.15, 0.2) is 0 Å². The zero-order valence-corrected chi connectivity index (χ0v) is 12.3. The van der Waals surface area contributed by atoms with Gasteiger partial charge in [-0.15, -0.1) is 0 Å². The van der Waals surface area contributed by atoms with Gasteiger partial charge in [0.25, 0.3) is 0 Å². The van der Waals surface area contributed by atoms with Gasteiger partial charge >= 0.3 is 0 Å². The summed E-state index contributed by atoms with van der Waals surface area (Å²) in [5.74, 6) is 0. The molecule has 0 bridgehead atoms. The van der Waals surface area contributed by atoms with Crippen molar-refractivity contribution in [2.45, 2.75) is 27.7 Å². The standard InChI is InChI=1S/C19H22/c1-15(19(2,3)4)14-16-10-12-18(13-11-16)17-8-6-5-7-9-17/h5-14H,1-4H3/b15-14+. The molecule has 0 heterocycles. The van der Waals surface area contributed by atoms with Crippen LogP contribution in [0.1, 0.15) is 33.3 Å². The zero-order valence-electron chi connectivity index (χ0n) is 12.3. The van der Waals surface area contributed by atoms with Crippen LogP contribution in [0.15, 0.2) is 60.2 Å². The van der Waals surface area contributed by atoms with Gasteiger partial charge in [-0.3, -0.25) is 0 Å². The fourth-order valence-corrected chi connectivity index (χ4v) is 1.87. The third kappa shape index (κ3) is 3.57. The molecule has 2 rings (SSSR count). The molecule has 98 valence electrons. The van der Waals surface area contributed by atoms with Crippen LogP contribution < -0.4 is 0 Å². The fourth-order valence-electron chi connectivity index (χ4n) is 1.87. The van der Waals surface area contributed by atoms with Gasteiger partial charge in [0.1, 0.15) is 0 Å². The first-order valence-corrected chi connectivity index (χ1v) is 6.81. The lowest BCUT2D eigenvalue weighted by atomic mass is 9.86. The molecule has 0 saturated carbocycles. The van der Waals surface area contributed by atoms with Crippen LogP contribution in [0.2, 0.25) is 0 Å². The highest BCUT2D eigenvalue weighted by Gasteiger charge is 2.11. The molecular weight excluding hydrogens is 228 g/mol. The maximum Gasteiger partial charge on any atom is -0.0172 e.